The molecule has 0 radical (unpaired) electrons. The van der Waals surface area contributed by atoms with E-state index in [2.05, 4.69) is 10.3 Å². The lowest BCUT2D eigenvalue weighted by molar-refractivity contribution is 0.445. The molecule has 3 rings (SSSR count). The van der Waals surface area contributed by atoms with Crippen molar-refractivity contribution in [2.45, 2.75) is 38.3 Å². The quantitative estimate of drug-likeness (QED) is 0.568. The average Bonchev–Trinajstić information content (AvgIpc) is 3.22. The Bertz CT molecular complexity index is 1010. The molecular weight excluding hydrogens is 386 g/mol. The van der Waals surface area contributed by atoms with Gasteiger partial charge in [-0.1, -0.05) is 56.3 Å². The number of nitrogens with one attached hydrogen (secondary N) is 1. The van der Waals surface area contributed by atoms with Crippen molar-refractivity contribution in [3.8, 4) is 11.3 Å². The molecule has 1 aromatic heterocycles. The zero-order valence-electron chi connectivity index (χ0n) is 17.0. The Morgan fingerprint density at radius 2 is 1.69 bits per heavy atom. The minimum absolute atomic E-state index is 0.0206. The second kappa shape index (κ2) is 9.35. The summed E-state index contributed by atoms with van der Waals surface area (Å²) in [7, 11) is -3.43. The minimum Gasteiger partial charge on any atom is -0.439 e. The van der Waals surface area contributed by atoms with Crippen molar-refractivity contribution in [3.05, 3.63) is 72.2 Å². The fourth-order valence-corrected chi connectivity index (χ4v) is 4.59. The molecule has 154 valence electrons. The van der Waals surface area contributed by atoms with E-state index in [9.17, 15) is 8.42 Å². The predicted octanol–water partition coefficient (Wildman–Crippen LogP) is 4.22. The van der Waals surface area contributed by atoms with Gasteiger partial charge < -0.3 is 9.73 Å². The van der Waals surface area contributed by atoms with E-state index in [1.165, 1.54) is 4.31 Å². The molecule has 0 fully saturated rings. The first-order valence-corrected chi connectivity index (χ1v) is 11.2. The molecular formula is C22H27N3O3S. The van der Waals surface area contributed by atoms with E-state index in [1.807, 2.05) is 63.2 Å². The number of nitrogens with zero attached hydrogens (tertiary/aromatic N) is 2. The van der Waals surface area contributed by atoms with Gasteiger partial charge >= 0.3 is 0 Å². The van der Waals surface area contributed by atoms with Crippen LogP contribution in [0.4, 0.5) is 0 Å². The molecule has 0 aliphatic heterocycles. The molecule has 0 spiro atoms. The van der Waals surface area contributed by atoms with E-state index in [1.54, 1.807) is 18.3 Å². The SMILES string of the molecule is CCN(CC)S(=O)(=O)c1ccc([C@@H](C)NCc2ncc(-c3ccccc3)o2)cc1. The van der Waals surface area contributed by atoms with Gasteiger partial charge in [0, 0.05) is 24.7 Å². The van der Waals surface area contributed by atoms with Gasteiger partial charge in [-0.2, -0.15) is 4.31 Å². The summed E-state index contributed by atoms with van der Waals surface area (Å²) >= 11 is 0. The normalized spacial score (nSPS) is 13.0. The highest BCUT2D eigenvalue weighted by Gasteiger charge is 2.21. The molecule has 0 bridgehead atoms. The zero-order chi connectivity index (χ0) is 20.9. The third-order valence-corrected chi connectivity index (χ3v) is 6.96. The smallest absolute Gasteiger partial charge is 0.243 e. The molecule has 0 aliphatic carbocycles. The first-order valence-electron chi connectivity index (χ1n) is 9.79. The van der Waals surface area contributed by atoms with Gasteiger partial charge in [-0.25, -0.2) is 13.4 Å². The summed E-state index contributed by atoms with van der Waals surface area (Å²) < 4.78 is 32.5. The molecule has 0 unspecified atom stereocenters. The van der Waals surface area contributed by atoms with Crippen LogP contribution >= 0.6 is 0 Å². The molecule has 0 aliphatic rings. The average molecular weight is 414 g/mol. The fourth-order valence-electron chi connectivity index (χ4n) is 3.13. The summed E-state index contributed by atoms with van der Waals surface area (Å²) in [5, 5.41) is 3.37. The van der Waals surface area contributed by atoms with Gasteiger partial charge in [0.25, 0.3) is 0 Å². The second-order valence-corrected chi connectivity index (χ2v) is 8.68. The molecule has 1 atom stereocenters. The largest absolute Gasteiger partial charge is 0.439 e. The number of oxazole rings is 1. The van der Waals surface area contributed by atoms with E-state index < -0.39 is 10.0 Å². The highest BCUT2D eigenvalue weighted by Crippen LogP contribution is 2.22. The number of sulfonamides is 1. The van der Waals surface area contributed by atoms with E-state index in [0.29, 0.717) is 30.4 Å². The van der Waals surface area contributed by atoms with Crippen LogP contribution in [0, 0.1) is 0 Å². The van der Waals surface area contributed by atoms with Crippen molar-refractivity contribution in [1.29, 1.82) is 0 Å². The summed E-state index contributed by atoms with van der Waals surface area (Å²) in [5.74, 6) is 1.34. The molecule has 0 saturated carbocycles. The predicted molar refractivity (Wildman–Crippen MR) is 114 cm³/mol. The highest BCUT2D eigenvalue weighted by molar-refractivity contribution is 7.89. The Morgan fingerprint density at radius 3 is 2.31 bits per heavy atom. The Labute approximate surface area is 172 Å². The highest BCUT2D eigenvalue weighted by atomic mass is 32.2. The number of benzene rings is 2. The van der Waals surface area contributed by atoms with Gasteiger partial charge in [0.15, 0.2) is 5.76 Å². The van der Waals surface area contributed by atoms with E-state index in [0.717, 1.165) is 16.9 Å². The minimum atomic E-state index is -3.43. The molecule has 0 saturated heterocycles. The van der Waals surface area contributed by atoms with Crippen LogP contribution in [0.15, 0.2) is 70.1 Å². The first kappa shape index (κ1) is 21.2. The van der Waals surface area contributed by atoms with Crippen LogP contribution in [0.5, 0.6) is 0 Å². The lowest BCUT2D eigenvalue weighted by atomic mass is 10.1. The van der Waals surface area contributed by atoms with Crippen LogP contribution in [-0.2, 0) is 16.6 Å². The van der Waals surface area contributed by atoms with Gasteiger partial charge in [-0.15, -0.1) is 0 Å². The topological polar surface area (TPSA) is 75.4 Å². The van der Waals surface area contributed by atoms with Crippen LogP contribution in [0.3, 0.4) is 0 Å². The van der Waals surface area contributed by atoms with Crippen molar-refractivity contribution >= 4 is 10.0 Å². The summed E-state index contributed by atoms with van der Waals surface area (Å²) in [6.45, 7) is 7.10. The molecule has 6 nitrogen and oxygen atoms in total. The fraction of sp³-hybridized carbons (Fsp3) is 0.318. The number of rotatable bonds is 9. The molecule has 1 heterocycles. The maximum atomic E-state index is 12.6. The number of hydrogen-bond acceptors (Lipinski definition) is 5. The first-order chi connectivity index (χ1) is 14.0. The number of hydrogen-bond donors (Lipinski definition) is 1. The van der Waals surface area contributed by atoms with Crippen LogP contribution in [-0.4, -0.2) is 30.8 Å². The molecule has 7 heteroatoms. The third kappa shape index (κ3) is 4.93. The monoisotopic (exact) mass is 413 g/mol. The van der Waals surface area contributed by atoms with Gasteiger partial charge in [0.2, 0.25) is 15.9 Å². The Hall–Kier alpha value is -2.48. The molecule has 1 N–H and O–H groups in total. The Kier molecular flexibility index (Phi) is 6.84. The van der Waals surface area contributed by atoms with Crippen molar-refractivity contribution in [2.75, 3.05) is 13.1 Å². The number of aromatic nitrogens is 1. The third-order valence-electron chi connectivity index (χ3n) is 4.89. The summed E-state index contributed by atoms with van der Waals surface area (Å²) in [6.07, 6.45) is 1.73. The summed E-state index contributed by atoms with van der Waals surface area (Å²) in [5.41, 5.74) is 1.99. The lowest BCUT2D eigenvalue weighted by Crippen LogP contribution is -2.30. The van der Waals surface area contributed by atoms with Crippen LogP contribution in [0.25, 0.3) is 11.3 Å². The van der Waals surface area contributed by atoms with E-state index in [-0.39, 0.29) is 6.04 Å². The molecule has 29 heavy (non-hydrogen) atoms. The second-order valence-electron chi connectivity index (χ2n) is 6.75. The maximum absolute atomic E-state index is 12.6. The summed E-state index contributed by atoms with van der Waals surface area (Å²) in [6, 6.07) is 16.9. The standard InChI is InChI=1S/C22H27N3O3S/c1-4-25(5-2)29(26,27)20-13-11-18(12-14-20)17(3)23-16-22-24-15-21(28-22)19-9-7-6-8-10-19/h6-15,17,23H,4-5,16H2,1-3H3/t17-/m1/s1. The van der Waals surface area contributed by atoms with Crippen LogP contribution < -0.4 is 5.32 Å². The van der Waals surface area contributed by atoms with Crippen molar-refractivity contribution in [2.24, 2.45) is 0 Å². The maximum Gasteiger partial charge on any atom is 0.243 e. The van der Waals surface area contributed by atoms with E-state index >= 15 is 0 Å². The lowest BCUT2D eigenvalue weighted by Gasteiger charge is -2.19. The van der Waals surface area contributed by atoms with Gasteiger partial charge in [-0.05, 0) is 24.6 Å². The van der Waals surface area contributed by atoms with Gasteiger partial charge in [-0.3, -0.25) is 0 Å². The Morgan fingerprint density at radius 1 is 1.03 bits per heavy atom. The molecule has 0 amide bonds. The molecule has 3 aromatic rings. The molecule has 2 aromatic carbocycles. The van der Waals surface area contributed by atoms with Gasteiger partial charge in [0.1, 0.15) is 0 Å². The van der Waals surface area contributed by atoms with Crippen molar-refractivity contribution in [3.63, 3.8) is 0 Å². The van der Waals surface area contributed by atoms with Crippen molar-refractivity contribution in [1.82, 2.24) is 14.6 Å². The van der Waals surface area contributed by atoms with E-state index in [4.69, 9.17) is 4.42 Å². The van der Waals surface area contributed by atoms with Crippen molar-refractivity contribution < 1.29 is 12.8 Å². The van der Waals surface area contributed by atoms with Crippen LogP contribution in [0.1, 0.15) is 38.3 Å². The Balaban J connectivity index is 1.63. The van der Waals surface area contributed by atoms with Crippen LogP contribution in [0.2, 0.25) is 0 Å². The summed E-state index contributed by atoms with van der Waals surface area (Å²) in [4.78, 5) is 4.65. The zero-order valence-corrected chi connectivity index (χ0v) is 17.8. The van der Waals surface area contributed by atoms with Gasteiger partial charge in [0.05, 0.1) is 17.6 Å².